The number of rotatable bonds is 9. The smallest absolute Gasteiger partial charge is 0.415 e. The highest BCUT2D eigenvalue weighted by Gasteiger charge is 2.47. The molecule has 208 valence electrons. The lowest BCUT2D eigenvalue weighted by atomic mass is 9.83. The summed E-state index contributed by atoms with van der Waals surface area (Å²) in [6, 6.07) is 21.1. The summed E-state index contributed by atoms with van der Waals surface area (Å²) in [6.07, 6.45) is 2.38. The van der Waals surface area contributed by atoms with E-state index in [1.165, 1.54) is 11.0 Å². The first-order valence-electron chi connectivity index (χ1n) is 13.4. The van der Waals surface area contributed by atoms with E-state index in [-0.39, 0.29) is 29.6 Å². The molecule has 0 aliphatic carbocycles. The first-order valence-corrected chi connectivity index (χ1v) is 13.4. The Balaban J connectivity index is 0.00000353. The molecule has 6 rings (SSSR count). The van der Waals surface area contributed by atoms with E-state index >= 15 is 0 Å². The molecule has 3 fully saturated rings. The van der Waals surface area contributed by atoms with Gasteiger partial charge in [-0.05, 0) is 54.4 Å². The monoisotopic (exact) mass is 600 g/mol. The number of ether oxygens (including phenoxy) is 2. The van der Waals surface area contributed by atoms with Crippen molar-refractivity contribution < 1.29 is 44.5 Å². The standard InChI is InChI=1S/C31H35F2N2O3.BrH/c1-23-7-5-8-26(19-23)34(21-24-11-12-28(32)29(33)20-24)31(36)38-30-22-35(16-13-25(30)14-17-35)15-6-18-37-27-9-3-2-4-10-27;/h2-5,7-12,19-20,25,30H,6,13-18,21-22H2,1H3;1H/q+1;/p-1/t25?,30-,35?;/m0./s1. The Morgan fingerprint density at radius 1 is 0.974 bits per heavy atom. The van der Waals surface area contributed by atoms with Gasteiger partial charge in [0.15, 0.2) is 17.7 Å². The Labute approximate surface area is 239 Å². The highest BCUT2D eigenvalue weighted by molar-refractivity contribution is 5.87. The van der Waals surface area contributed by atoms with Crippen molar-refractivity contribution in [3.63, 3.8) is 0 Å². The van der Waals surface area contributed by atoms with Crippen LogP contribution in [0.4, 0.5) is 19.3 Å². The Hall–Kier alpha value is -2.97. The maximum atomic E-state index is 13.9. The van der Waals surface area contributed by atoms with Crippen molar-refractivity contribution in [2.45, 2.75) is 38.8 Å². The molecule has 3 aromatic rings. The lowest BCUT2D eigenvalue weighted by Gasteiger charge is -2.52. The topological polar surface area (TPSA) is 38.8 Å². The quantitative estimate of drug-likeness (QED) is 0.279. The van der Waals surface area contributed by atoms with Crippen LogP contribution in [0.3, 0.4) is 0 Å². The minimum atomic E-state index is -0.930. The molecule has 0 saturated carbocycles. The highest BCUT2D eigenvalue weighted by Crippen LogP contribution is 2.36. The Morgan fingerprint density at radius 3 is 2.46 bits per heavy atom. The fourth-order valence-electron chi connectivity index (χ4n) is 5.85. The van der Waals surface area contributed by atoms with Crippen LogP contribution in [0, 0.1) is 24.5 Å². The summed E-state index contributed by atoms with van der Waals surface area (Å²) in [4.78, 5) is 15.1. The zero-order valence-electron chi connectivity index (χ0n) is 22.2. The molecule has 5 nitrogen and oxygen atoms in total. The molecule has 0 N–H and O–H groups in total. The number of nitrogens with zero attached hydrogens (tertiary/aromatic N) is 2. The van der Waals surface area contributed by atoms with Gasteiger partial charge < -0.3 is 30.9 Å². The third-order valence-corrected chi connectivity index (χ3v) is 7.94. The van der Waals surface area contributed by atoms with E-state index in [1.807, 2.05) is 61.5 Å². The molecule has 39 heavy (non-hydrogen) atoms. The summed E-state index contributed by atoms with van der Waals surface area (Å²) in [5.41, 5.74) is 2.16. The molecule has 1 atom stereocenters. The number of aryl methyl sites for hydroxylation is 1. The molecule has 0 radical (unpaired) electrons. The molecule has 1 amide bonds. The number of benzene rings is 3. The van der Waals surface area contributed by atoms with Crippen LogP contribution in [-0.2, 0) is 11.3 Å². The number of quaternary nitrogens is 1. The number of anilines is 1. The molecule has 3 aliphatic heterocycles. The van der Waals surface area contributed by atoms with Gasteiger partial charge in [0.2, 0.25) is 0 Å². The van der Waals surface area contributed by atoms with Gasteiger partial charge in [-0.3, -0.25) is 4.90 Å². The molecule has 8 heteroatoms. The van der Waals surface area contributed by atoms with Gasteiger partial charge in [0.1, 0.15) is 12.3 Å². The van der Waals surface area contributed by atoms with Crippen molar-refractivity contribution in [1.29, 1.82) is 0 Å². The van der Waals surface area contributed by atoms with Crippen LogP contribution in [0.2, 0.25) is 0 Å². The third-order valence-electron chi connectivity index (χ3n) is 7.94. The van der Waals surface area contributed by atoms with Crippen LogP contribution in [0.5, 0.6) is 5.75 Å². The fraction of sp³-hybridized carbons (Fsp3) is 0.387. The molecule has 3 aliphatic rings. The number of para-hydroxylation sites is 1. The molecule has 3 aromatic carbocycles. The van der Waals surface area contributed by atoms with E-state index in [2.05, 4.69) is 0 Å². The molecular formula is C31H35BrF2N2O3. The second-order valence-electron chi connectivity index (χ2n) is 10.6. The van der Waals surface area contributed by atoms with Crippen molar-refractivity contribution in [2.75, 3.05) is 37.7 Å². The highest BCUT2D eigenvalue weighted by atomic mass is 79.9. The molecule has 3 heterocycles. The van der Waals surface area contributed by atoms with Crippen LogP contribution < -0.4 is 26.6 Å². The average Bonchev–Trinajstić information content (AvgIpc) is 2.93. The lowest BCUT2D eigenvalue weighted by Crippen LogP contribution is -3.00. The van der Waals surface area contributed by atoms with E-state index in [0.29, 0.717) is 23.8 Å². The van der Waals surface area contributed by atoms with Crippen molar-refractivity contribution >= 4 is 11.8 Å². The van der Waals surface area contributed by atoms with Crippen molar-refractivity contribution in [3.05, 3.63) is 95.6 Å². The zero-order chi connectivity index (χ0) is 26.5. The number of carbonyl (C=O) groups is 1. The molecular weight excluding hydrogens is 566 g/mol. The van der Waals surface area contributed by atoms with Crippen LogP contribution >= 0.6 is 0 Å². The third kappa shape index (κ3) is 7.17. The number of halogens is 3. The number of carbonyl (C=O) groups excluding carboxylic acids is 1. The summed E-state index contributed by atoms with van der Waals surface area (Å²) >= 11 is 0. The van der Waals surface area contributed by atoms with Gasteiger partial charge in [-0.1, -0.05) is 36.4 Å². The maximum absolute atomic E-state index is 13.9. The maximum Gasteiger partial charge on any atom is 0.415 e. The van der Waals surface area contributed by atoms with E-state index < -0.39 is 17.7 Å². The fourth-order valence-corrected chi connectivity index (χ4v) is 5.85. The van der Waals surface area contributed by atoms with E-state index in [0.717, 1.165) is 73.4 Å². The Morgan fingerprint density at radius 2 is 1.74 bits per heavy atom. The Kier molecular flexibility index (Phi) is 9.62. The van der Waals surface area contributed by atoms with Gasteiger partial charge in [-0.15, -0.1) is 0 Å². The van der Waals surface area contributed by atoms with Crippen LogP contribution in [0.1, 0.15) is 30.4 Å². The summed E-state index contributed by atoms with van der Waals surface area (Å²) in [5.74, 6) is -0.606. The first-order chi connectivity index (χ1) is 18.4. The number of hydrogen-bond acceptors (Lipinski definition) is 3. The van der Waals surface area contributed by atoms with Crippen molar-refractivity contribution in [2.24, 2.45) is 5.92 Å². The van der Waals surface area contributed by atoms with Gasteiger partial charge in [-0.2, -0.15) is 0 Å². The predicted molar refractivity (Wildman–Crippen MR) is 143 cm³/mol. The minimum Gasteiger partial charge on any atom is -1.00 e. The second kappa shape index (κ2) is 12.9. The molecule has 2 bridgehead atoms. The largest absolute Gasteiger partial charge is 1.00 e. The molecule has 0 unspecified atom stereocenters. The average molecular weight is 602 g/mol. The summed E-state index contributed by atoms with van der Waals surface area (Å²) in [6.45, 7) is 6.69. The first kappa shape index (κ1) is 29.0. The minimum absolute atomic E-state index is 0. The number of piperidine rings is 3. The zero-order valence-corrected chi connectivity index (χ0v) is 23.8. The van der Waals surface area contributed by atoms with Gasteiger partial charge in [0.05, 0.1) is 32.8 Å². The van der Waals surface area contributed by atoms with Gasteiger partial charge in [-0.25, -0.2) is 13.6 Å². The predicted octanol–water partition coefficient (Wildman–Crippen LogP) is 3.50. The van der Waals surface area contributed by atoms with E-state index in [1.54, 1.807) is 0 Å². The van der Waals surface area contributed by atoms with Crippen LogP contribution in [-0.4, -0.2) is 49.5 Å². The Bertz CT molecular complexity index is 1250. The van der Waals surface area contributed by atoms with Crippen molar-refractivity contribution in [3.8, 4) is 5.75 Å². The van der Waals surface area contributed by atoms with Crippen molar-refractivity contribution in [1.82, 2.24) is 0 Å². The normalized spacial score (nSPS) is 21.6. The van der Waals surface area contributed by atoms with Crippen LogP contribution in [0.15, 0.2) is 72.8 Å². The van der Waals surface area contributed by atoms with Crippen LogP contribution in [0.25, 0.3) is 0 Å². The number of hydrogen-bond donors (Lipinski definition) is 0. The van der Waals surface area contributed by atoms with Gasteiger partial charge >= 0.3 is 6.09 Å². The molecule has 3 saturated heterocycles. The second-order valence-corrected chi connectivity index (χ2v) is 10.6. The number of fused-ring (bicyclic) bond motifs is 3. The van der Waals surface area contributed by atoms with Gasteiger partial charge in [0.25, 0.3) is 0 Å². The number of amides is 1. The SMILES string of the molecule is Cc1cccc(N(Cc2ccc(F)c(F)c2)C(=O)O[C@H]2C[N+]3(CCCOc4ccccc4)CCC2CC3)c1.[Br-]. The molecule has 0 aromatic heterocycles. The van der Waals surface area contributed by atoms with Gasteiger partial charge in [0, 0.05) is 30.9 Å². The summed E-state index contributed by atoms with van der Waals surface area (Å²) < 4.78 is 40.5. The summed E-state index contributed by atoms with van der Waals surface area (Å²) in [7, 11) is 0. The molecule has 0 spiro atoms. The summed E-state index contributed by atoms with van der Waals surface area (Å²) in [5, 5.41) is 0. The van der Waals surface area contributed by atoms with E-state index in [9.17, 15) is 13.6 Å². The lowest BCUT2D eigenvalue weighted by molar-refractivity contribution is -0.946. The van der Waals surface area contributed by atoms with E-state index in [4.69, 9.17) is 9.47 Å².